The van der Waals surface area contributed by atoms with Gasteiger partial charge < -0.3 is 20.8 Å². The first kappa shape index (κ1) is 21.5. The number of halogens is 2. The molecule has 4 N–H and O–H groups in total. The van der Waals surface area contributed by atoms with Crippen LogP contribution in [0.5, 0.6) is 11.5 Å². The minimum Gasteiger partial charge on any atom is -0.505 e. The highest BCUT2D eigenvalue weighted by Crippen LogP contribution is 2.40. The van der Waals surface area contributed by atoms with Gasteiger partial charge in [-0.3, -0.25) is 9.59 Å². The third kappa shape index (κ3) is 5.03. The van der Waals surface area contributed by atoms with Gasteiger partial charge in [-0.25, -0.2) is 0 Å². The van der Waals surface area contributed by atoms with E-state index >= 15 is 0 Å². The van der Waals surface area contributed by atoms with Gasteiger partial charge in [0.2, 0.25) is 5.91 Å². The van der Waals surface area contributed by atoms with Crippen LogP contribution < -0.4 is 10.6 Å². The molecule has 0 saturated heterocycles. The molecular formula is C22H18Cl2N2O4. The number of rotatable bonds is 6. The Morgan fingerprint density at radius 3 is 2.13 bits per heavy atom. The van der Waals surface area contributed by atoms with Gasteiger partial charge in [-0.15, -0.1) is 0 Å². The van der Waals surface area contributed by atoms with Crippen LogP contribution in [0.2, 0.25) is 10.0 Å². The number of carbonyl (C=O) groups excluding carboxylic acids is 2. The van der Waals surface area contributed by atoms with Crippen LogP contribution in [-0.4, -0.2) is 28.1 Å². The highest BCUT2D eigenvalue weighted by molar-refractivity contribution is 6.38. The van der Waals surface area contributed by atoms with Crippen molar-refractivity contribution in [3.05, 3.63) is 87.9 Å². The molecule has 0 aromatic heterocycles. The maximum atomic E-state index is 12.9. The van der Waals surface area contributed by atoms with Crippen LogP contribution in [-0.2, 0) is 11.2 Å². The van der Waals surface area contributed by atoms with Gasteiger partial charge in [0, 0.05) is 12.1 Å². The van der Waals surface area contributed by atoms with Crippen molar-refractivity contribution in [2.45, 2.75) is 12.5 Å². The number of para-hydroxylation sites is 1. The molecular weight excluding hydrogens is 427 g/mol. The van der Waals surface area contributed by atoms with E-state index in [4.69, 9.17) is 23.2 Å². The van der Waals surface area contributed by atoms with Crippen LogP contribution in [0.15, 0.2) is 66.7 Å². The molecule has 1 atom stereocenters. The maximum Gasteiger partial charge on any atom is 0.255 e. The smallest absolute Gasteiger partial charge is 0.255 e. The minimum absolute atomic E-state index is 0.198. The van der Waals surface area contributed by atoms with Gasteiger partial charge >= 0.3 is 0 Å². The summed E-state index contributed by atoms with van der Waals surface area (Å²) in [7, 11) is 0. The Bertz CT molecular complexity index is 1060. The summed E-state index contributed by atoms with van der Waals surface area (Å²) in [5.41, 5.74) is 1.15. The standard InChI is InChI=1S/C22H18Cl2N2O4/c23-16-12-15(19(27)18(24)20(16)28)21(29)26-17(11-13-7-3-1-4-8-13)22(30)25-14-9-5-2-6-10-14/h1-10,12,17,27-28H,11H2,(H,25,30)(H,26,29). The number of aromatic hydroxyl groups is 2. The van der Waals surface area contributed by atoms with Crippen LogP contribution >= 0.6 is 23.2 Å². The average Bonchev–Trinajstić information content (AvgIpc) is 2.75. The molecule has 0 spiro atoms. The van der Waals surface area contributed by atoms with E-state index in [0.29, 0.717) is 5.69 Å². The highest BCUT2D eigenvalue weighted by Gasteiger charge is 2.26. The summed E-state index contributed by atoms with van der Waals surface area (Å²) in [5.74, 6) is -2.36. The molecule has 8 heteroatoms. The van der Waals surface area contributed by atoms with E-state index in [2.05, 4.69) is 10.6 Å². The lowest BCUT2D eigenvalue weighted by Gasteiger charge is -2.19. The Kier molecular flexibility index (Phi) is 6.82. The zero-order chi connectivity index (χ0) is 21.7. The van der Waals surface area contributed by atoms with E-state index in [-0.39, 0.29) is 17.0 Å². The molecule has 3 rings (SSSR count). The van der Waals surface area contributed by atoms with Gasteiger partial charge in [0.05, 0.1) is 10.6 Å². The van der Waals surface area contributed by atoms with Crippen LogP contribution in [0.1, 0.15) is 15.9 Å². The maximum absolute atomic E-state index is 12.9. The van der Waals surface area contributed by atoms with Crippen LogP contribution in [0.4, 0.5) is 5.69 Å². The molecule has 0 aliphatic rings. The number of phenolic OH excluding ortho intramolecular Hbond substituents is 2. The molecule has 0 heterocycles. The van der Waals surface area contributed by atoms with Crippen molar-refractivity contribution in [3.8, 4) is 11.5 Å². The fraction of sp³-hybridized carbons (Fsp3) is 0.0909. The molecule has 30 heavy (non-hydrogen) atoms. The largest absolute Gasteiger partial charge is 0.505 e. The van der Waals surface area contributed by atoms with E-state index in [1.807, 2.05) is 36.4 Å². The Labute approximate surface area is 183 Å². The second kappa shape index (κ2) is 9.52. The molecule has 2 amide bonds. The Morgan fingerprint density at radius 2 is 1.50 bits per heavy atom. The molecule has 6 nitrogen and oxygen atoms in total. The Hall–Kier alpha value is -3.22. The van der Waals surface area contributed by atoms with Gasteiger partial charge in [0.1, 0.15) is 11.1 Å². The summed E-state index contributed by atoms with van der Waals surface area (Å²) in [4.78, 5) is 25.7. The summed E-state index contributed by atoms with van der Waals surface area (Å²) >= 11 is 11.7. The second-order valence-electron chi connectivity index (χ2n) is 6.49. The predicted molar refractivity (Wildman–Crippen MR) is 116 cm³/mol. The zero-order valence-electron chi connectivity index (χ0n) is 15.6. The number of carbonyl (C=O) groups is 2. The fourth-order valence-corrected chi connectivity index (χ4v) is 3.27. The van der Waals surface area contributed by atoms with Crippen molar-refractivity contribution in [2.24, 2.45) is 0 Å². The minimum atomic E-state index is -0.953. The summed E-state index contributed by atoms with van der Waals surface area (Å²) < 4.78 is 0. The van der Waals surface area contributed by atoms with Crippen LogP contribution in [0, 0.1) is 0 Å². The first-order valence-electron chi connectivity index (χ1n) is 8.97. The number of hydrogen-bond donors (Lipinski definition) is 4. The van der Waals surface area contributed by atoms with Gasteiger partial charge in [-0.05, 0) is 23.8 Å². The van der Waals surface area contributed by atoms with Crippen molar-refractivity contribution >= 4 is 40.7 Å². The van der Waals surface area contributed by atoms with Gasteiger partial charge in [0.25, 0.3) is 5.91 Å². The lowest BCUT2D eigenvalue weighted by molar-refractivity contribution is -0.118. The van der Waals surface area contributed by atoms with Gasteiger partial charge in [-0.1, -0.05) is 71.7 Å². The second-order valence-corrected chi connectivity index (χ2v) is 7.27. The van der Waals surface area contributed by atoms with Crippen molar-refractivity contribution in [1.29, 1.82) is 0 Å². The Morgan fingerprint density at radius 1 is 0.900 bits per heavy atom. The van der Waals surface area contributed by atoms with Crippen molar-refractivity contribution in [1.82, 2.24) is 5.32 Å². The molecule has 0 saturated carbocycles. The molecule has 0 aliphatic heterocycles. The third-order valence-corrected chi connectivity index (χ3v) is 5.00. The number of amides is 2. The number of anilines is 1. The lowest BCUT2D eigenvalue weighted by Crippen LogP contribution is -2.45. The lowest BCUT2D eigenvalue weighted by atomic mass is 10.0. The van der Waals surface area contributed by atoms with E-state index in [1.165, 1.54) is 0 Å². The van der Waals surface area contributed by atoms with Crippen molar-refractivity contribution in [2.75, 3.05) is 5.32 Å². The molecule has 1 unspecified atom stereocenters. The van der Waals surface area contributed by atoms with Crippen molar-refractivity contribution in [3.63, 3.8) is 0 Å². The number of benzene rings is 3. The summed E-state index contributed by atoms with van der Waals surface area (Å²) in [6.07, 6.45) is 0.214. The monoisotopic (exact) mass is 444 g/mol. The van der Waals surface area contributed by atoms with Gasteiger partial charge in [0.15, 0.2) is 11.5 Å². The molecule has 3 aromatic carbocycles. The molecule has 154 valence electrons. The third-order valence-electron chi connectivity index (χ3n) is 4.36. The average molecular weight is 445 g/mol. The van der Waals surface area contributed by atoms with Crippen LogP contribution in [0.25, 0.3) is 0 Å². The highest BCUT2D eigenvalue weighted by atomic mass is 35.5. The molecule has 0 aliphatic carbocycles. The topological polar surface area (TPSA) is 98.7 Å². The van der Waals surface area contributed by atoms with Crippen LogP contribution in [0.3, 0.4) is 0 Å². The van der Waals surface area contributed by atoms with E-state index in [1.54, 1.807) is 24.3 Å². The van der Waals surface area contributed by atoms with Gasteiger partial charge in [-0.2, -0.15) is 0 Å². The normalized spacial score (nSPS) is 11.5. The molecule has 0 bridgehead atoms. The van der Waals surface area contributed by atoms with E-state index < -0.39 is 34.4 Å². The summed E-state index contributed by atoms with van der Waals surface area (Å²) in [6, 6.07) is 18.1. The molecule has 0 radical (unpaired) electrons. The fourth-order valence-electron chi connectivity index (χ4n) is 2.82. The SMILES string of the molecule is O=C(NC(Cc1ccccc1)C(=O)Nc1ccccc1)c1cc(Cl)c(O)c(Cl)c1O. The van der Waals surface area contributed by atoms with Crippen molar-refractivity contribution < 1.29 is 19.8 Å². The number of nitrogens with one attached hydrogen (secondary N) is 2. The predicted octanol–water partition coefficient (Wildman–Crippen LogP) is 4.38. The quantitative estimate of drug-likeness (QED) is 0.453. The summed E-state index contributed by atoms with van der Waals surface area (Å²) in [6.45, 7) is 0. The number of hydrogen-bond acceptors (Lipinski definition) is 4. The molecule has 3 aromatic rings. The first-order chi connectivity index (χ1) is 14.4. The number of phenols is 2. The zero-order valence-corrected chi connectivity index (χ0v) is 17.1. The van der Waals surface area contributed by atoms with E-state index in [0.717, 1.165) is 11.6 Å². The van der Waals surface area contributed by atoms with E-state index in [9.17, 15) is 19.8 Å². The molecule has 0 fully saturated rings. The summed E-state index contributed by atoms with van der Waals surface area (Å²) in [5, 5.41) is 24.6. The first-order valence-corrected chi connectivity index (χ1v) is 9.73. The Balaban J connectivity index is 1.86.